The van der Waals surface area contributed by atoms with Gasteiger partial charge in [0.2, 0.25) is 5.91 Å². The monoisotopic (exact) mass is 518 g/mol. The van der Waals surface area contributed by atoms with Crippen molar-refractivity contribution in [3.8, 4) is 5.75 Å². The van der Waals surface area contributed by atoms with Gasteiger partial charge >= 0.3 is 0 Å². The molecule has 0 saturated carbocycles. The number of hydrogen-bond donors (Lipinski definition) is 2. The Morgan fingerprint density at radius 3 is 2.26 bits per heavy atom. The van der Waals surface area contributed by atoms with Crippen molar-refractivity contribution in [1.29, 1.82) is 0 Å². The van der Waals surface area contributed by atoms with Crippen LogP contribution in [0.4, 0.5) is 11.4 Å². The first kappa shape index (κ1) is 25.1. The van der Waals surface area contributed by atoms with Gasteiger partial charge in [-0.25, -0.2) is 0 Å². The Bertz CT molecular complexity index is 1590. The molecule has 1 atom stereocenters. The molecule has 5 aromatic rings. The second-order valence-electron chi connectivity index (χ2n) is 8.64. The molecule has 5 nitrogen and oxygen atoms in total. The molecule has 6 heteroatoms. The van der Waals surface area contributed by atoms with Gasteiger partial charge in [0.15, 0.2) is 0 Å². The van der Waals surface area contributed by atoms with E-state index in [1.807, 2.05) is 121 Å². The molecule has 0 bridgehead atoms. The van der Waals surface area contributed by atoms with Gasteiger partial charge in [-0.1, -0.05) is 78.9 Å². The molecular formula is C32H26N2O3S. The second kappa shape index (κ2) is 11.7. The molecule has 0 aliphatic heterocycles. The fourth-order valence-electron chi connectivity index (χ4n) is 4.16. The Morgan fingerprint density at radius 1 is 0.711 bits per heavy atom. The van der Waals surface area contributed by atoms with Crippen molar-refractivity contribution in [3.05, 3.63) is 132 Å². The van der Waals surface area contributed by atoms with Crippen LogP contribution in [0.2, 0.25) is 0 Å². The molecule has 38 heavy (non-hydrogen) atoms. The first-order chi connectivity index (χ1) is 18.6. The minimum Gasteiger partial charge on any atom is -0.495 e. The lowest BCUT2D eigenvalue weighted by Crippen LogP contribution is -2.19. The van der Waals surface area contributed by atoms with Gasteiger partial charge in [0.05, 0.1) is 12.8 Å². The zero-order valence-corrected chi connectivity index (χ0v) is 21.6. The largest absolute Gasteiger partial charge is 0.495 e. The summed E-state index contributed by atoms with van der Waals surface area (Å²) < 4.78 is 5.40. The van der Waals surface area contributed by atoms with E-state index >= 15 is 0 Å². The Balaban J connectivity index is 1.36. The highest BCUT2D eigenvalue weighted by molar-refractivity contribution is 8.00. The first-order valence-corrected chi connectivity index (χ1v) is 13.0. The summed E-state index contributed by atoms with van der Waals surface area (Å²) in [5.41, 5.74) is 2.72. The molecule has 0 aliphatic carbocycles. The summed E-state index contributed by atoms with van der Waals surface area (Å²) in [5.74, 6) is 0.235. The minimum atomic E-state index is -0.521. The number of methoxy groups -OCH3 is 1. The maximum atomic E-state index is 13.5. The van der Waals surface area contributed by atoms with E-state index in [0.717, 1.165) is 21.2 Å². The summed E-state index contributed by atoms with van der Waals surface area (Å²) in [6.45, 7) is 0. The number of amides is 2. The zero-order chi connectivity index (χ0) is 26.3. The number of para-hydroxylation sites is 2. The summed E-state index contributed by atoms with van der Waals surface area (Å²) in [4.78, 5) is 27.3. The summed E-state index contributed by atoms with van der Waals surface area (Å²) in [7, 11) is 1.58. The van der Waals surface area contributed by atoms with E-state index < -0.39 is 5.25 Å². The average molecular weight is 519 g/mol. The molecule has 0 radical (unpaired) electrons. The third-order valence-electron chi connectivity index (χ3n) is 6.06. The van der Waals surface area contributed by atoms with E-state index in [9.17, 15) is 9.59 Å². The van der Waals surface area contributed by atoms with Gasteiger partial charge in [-0.15, -0.1) is 11.8 Å². The maximum Gasteiger partial charge on any atom is 0.255 e. The predicted molar refractivity (Wildman–Crippen MR) is 155 cm³/mol. The van der Waals surface area contributed by atoms with Crippen molar-refractivity contribution in [2.45, 2.75) is 10.1 Å². The number of hydrogen-bond acceptors (Lipinski definition) is 4. The van der Waals surface area contributed by atoms with E-state index in [1.54, 1.807) is 7.11 Å². The van der Waals surface area contributed by atoms with Gasteiger partial charge in [-0.3, -0.25) is 9.59 Å². The smallest absolute Gasteiger partial charge is 0.255 e. The molecule has 5 aromatic carbocycles. The molecule has 1 unspecified atom stereocenters. The second-order valence-corrected chi connectivity index (χ2v) is 9.82. The van der Waals surface area contributed by atoms with E-state index in [2.05, 4.69) is 10.6 Å². The summed E-state index contributed by atoms with van der Waals surface area (Å²) >= 11 is 1.42. The number of rotatable bonds is 8. The van der Waals surface area contributed by atoms with Crippen LogP contribution in [0, 0.1) is 0 Å². The quantitative estimate of drug-likeness (QED) is 0.208. The molecule has 0 aliphatic rings. The number of nitrogens with one attached hydrogen (secondary N) is 2. The lowest BCUT2D eigenvalue weighted by molar-refractivity contribution is -0.115. The summed E-state index contributed by atoms with van der Waals surface area (Å²) in [6, 6.07) is 38.1. The Morgan fingerprint density at radius 2 is 1.45 bits per heavy atom. The van der Waals surface area contributed by atoms with Crippen LogP contribution in [0.15, 0.2) is 126 Å². The van der Waals surface area contributed by atoms with E-state index in [-0.39, 0.29) is 11.8 Å². The van der Waals surface area contributed by atoms with E-state index in [1.165, 1.54) is 11.8 Å². The molecule has 5 rings (SSSR count). The van der Waals surface area contributed by atoms with Gasteiger partial charge in [0.1, 0.15) is 11.0 Å². The van der Waals surface area contributed by atoms with Crippen LogP contribution in [0.1, 0.15) is 21.2 Å². The Labute approximate surface area is 225 Å². The topological polar surface area (TPSA) is 67.4 Å². The zero-order valence-electron chi connectivity index (χ0n) is 20.8. The van der Waals surface area contributed by atoms with Crippen molar-refractivity contribution in [2.24, 2.45) is 0 Å². The SMILES string of the molecule is COc1ccccc1NC(=O)C(Sc1cccc(NC(=O)c2ccc3ccccc3c2)c1)c1ccccc1. The van der Waals surface area contributed by atoms with E-state index in [0.29, 0.717) is 22.7 Å². The van der Waals surface area contributed by atoms with Crippen LogP contribution in [0.25, 0.3) is 10.8 Å². The van der Waals surface area contributed by atoms with Crippen molar-refractivity contribution in [3.63, 3.8) is 0 Å². The molecule has 188 valence electrons. The number of ether oxygens (including phenoxy) is 1. The van der Waals surface area contributed by atoms with Gasteiger partial charge in [-0.05, 0) is 58.8 Å². The van der Waals surface area contributed by atoms with Crippen LogP contribution >= 0.6 is 11.8 Å². The highest BCUT2D eigenvalue weighted by Crippen LogP contribution is 2.38. The highest BCUT2D eigenvalue weighted by atomic mass is 32.2. The maximum absolute atomic E-state index is 13.5. The van der Waals surface area contributed by atoms with Crippen molar-refractivity contribution in [1.82, 2.24) is 0 Å². The van der Waals surface area contributed by atoms with Gasteiger partial charge in [0, 0.05) is 16.1 Å². The normalized spacial score (nSPS) is 11.5. The highest BCUT2D eigenvalue weighted by Gasteiger charge is 2.23. The fourth-order valence-corrected chi connectivity index (χ4v) is 5.25. The standard InChI is InChI=1S/C32H26N2O3S/c1-37-29-17-8-7-16-28(29)34-32(36)30(23-11-3-2-4-12-23)38-27-15-9-14-26(21-27)33-31(35)25-19-18-22-10-5-6-13-24(22)20-25/h2-21,30H,1H3,(H,33,35)(H,34,36). The molecule has 0 spiro atoms. The number of anilines is 2. The predicted octanol–water partition coefficient (Wildman–Crippen LogP) is 7.57. The van der Waals surface area contributed by atoms with Crippen molar-refractivity contribution < 1.29 is 14.3 Å². The number of carbonyl (C=O) groups is 2. The fraction of sp³-hybridized carbons (Fsp3) is 0.0625. The number of carbonyl (C=O) groups excluding carboxylic acids is 2. The van der Waals surface area contributed by atoms with Crippen molar-refractivity contribution in [2.75, 3.05) is 17.7 Å². The lowest BCUT2D eigenvalue weighted by Gasteiger charge is -2.18. The van der Waals surface area contributed by atoms with Crippen LogP contribution in [0.5, 0.6) is 5.75 Å². The third kappa shape index (κ3) is 5.88. The van der Waals surface area contributed by atoms with Crippen LogP contribution in [-0.4, -0.2) is 18.9 Å². The van der Waals surface area contributed by atoms with Crippen LogP contribution in [-0.2, 0) is 4.79 Å². The lowest BCUT2D eigenvalue weighted by atomic mass is 10.1. The Hall–Kier alpha value is -4.55. The van der Waals surface area contributed by atoms with Gasteiger partial charge in [-0.2, -0.15) is 0 Å². The minimum absolute atomic E-state index is 0.170. The molecule has 0 aromatic heterocycles. The average Bonchev–Trinajstić information content (AvgIpc) is 2.96. The number of thioether (sulfide) groups is 1. The third-order valence-corrected chi connectivity index (χ3v) is 7.31. The molecule has 0 heterocycles. The number of fused-ring (bicyclic) bond motifs is 1. The van der Waals surface area contributed by atoms with Crippen LogP contribution < -0.4 is 15.4 Å². The van der Waals surface area contributed by atoms with Crippen LogP contribution in [0.3, 0.4) is 0 Å². The molecule has 0 saturated heterocycles. The Kier molecular flexibility index (Phi) is 7.71. The molecular weight excluding hydrogens is 492 g/mol. The molecule has 0 fully saturated rings. The van der Waals surface area contributed by atoms with Gasteiger partial charge in [0.25, 0.3) is 5.91 Å². The summed E-state index contributed by atoms with van der Waals surface area (Å²) in [6.07, 6.45) is 0. The molecule has 2 amide bonds. The molecule has 2 N–H and O–H groups in total. The van der Waals surface area contributed by atoms with Crippen molar-refractivity contribution >= 4 is 45.7 Å². The van der Waals surface area contributed by atoms with E-state index in [4.69, 9.17) is 4.74 Å². The number of benzene rings is 5. The summed E-state index contributed by atoms with van der Waals surface area (Å²) in [5, 5.41) is 7.57. The van der Waals surface area contributed by atoms with Gasteiger partial charge < -0.3 is 15.4 Å². The first-order valence-electron chi connectivity index (χ1n) is 12.2.